The molecule has 0 heterocycles. The maximum atomic E-state index is 12.5. The van der Waals surface area contributed by atoms with E-state index in [1.54, 1.807) is 36.4 Å². The number of carbonyl (C=O) groups is 1. The van der Waals surface area contributed by atoms with E-state index in [4.69, 9.17) is 26.2 Å². The molecule has 0 fully saturated rings. The van der Waals surface area contributed by atoms with Crippen LogP contribution >= 0.6 is 11.6 Å². The van der Waals surface area contributed by atoms with Gasteiger partial charge < -0.3 is 14.8 Å². The molecule has 9 heteroatoms. The summed E-state index contributed by atoms with van der Waals surface area (Å²) in [5, 5.41) is 8.47. The molecule has 3 aromatic rings. The average Bonchev–Trinajstić information content (AvgIpc) is 2.70. The molecule has 31 heavy (non-hydrogen) atoms. The first-order valence-corrected chi connectivity index (χ1v) is 11.3. The molecule has 0 atom stereocenters. The van der Waals surface area contributed by atoms with E-state index in [2.05, 4.69) is 5.32 Å². The lowest BCUT2D eigenvalue weighted by Gasteiger charge is -2.13. The topological polar surface area (TPSA) is 108 Å². The van der Waals surface area contributed by atoms with Gasteiger partial charge in [-0.15, -0.1) is 0 Å². The first-order valence-electron chi connectivity index (χ1n) is 9.37. The monoisotopic (exact) mass is 460 g/mol. The number of hydrogen-bond donors (Lipinski definition) is 2. The number of anilines is 1. The molecule has 0 aromatic heterocycles. The Balaban J connectivity index is 1.82. The number of halogens is 1. The van der Waals surface area contributed by atoms with Gasteiger partial charge >= 0.3 is 0 Å². The summed E-state index contributed by atoms with van der Waals surface area (Å²) < 4.78 is 35.4. The highest BCUT2D eigenvalue weighted by Gasteiger charge is 2.18. The molecule has 0 saturated carbocycles. The molecule has 0 aliphatic rings. The minimum absolute atomic E-state index is 0.0180. The Morgan fingerprint density at radius 3 is 2.52 bits per heavy atom. The molecule has 0 aliphatic carbocycles. The van der Waals surface area contributed by atoms with Gasteiger partial charge in [-0.1, -0.05) is 35.9 Å². The summed E-state index contributed by atoms with van der Waals surface area (Å²) >= 11 is 5.94. The number of amides is 1. The van der Waals surface area contributed by atoms with Crippen LogP contribution < -0.4 is 19.9 Å². The summed E-state index contributed by atoms with van der Waals surface area (Å²) in [4.78, 5) is 12.3. The molecule has 162 valence electrons. The van der Waals surface area contributed by atoms with Gasteiger partial charge in [0.1, 0.15) is 22.1 Å². The Kier molecular flexibility index (Phi) is 7.17. The summed E-state index contributed by atoms with van der Waals surface area (Å²) in [6, 6.07) is 17.9. The van der Waals surface area contributed by atoms with Gasteiger partial charge in [0, 0.05) is 16.3 Å². The van der Waals surface area contributed by atoms with Crippen molar-refractivity contribution in [3.8, 4) is 17.2 Å². The second-order valence-corrected chi connectivity index (χ2v) is 8.50. The molecule has 0 saturated heterocycles. The molecule has 3 rings (SSSR count). The van der Waals surface area contributed by atoms with Crippen LogP contribution in [0.2, 0.25) is 5.02 Å². The molecule has 0 radical (unpaired) electrons. The number of carbonyl (C=O) groups excluding carboxylic acids is 1. The lowest BCUT2D eigenvalue weighted by Crippen LogP contribution is -2.17. The van der Waals surface area contributed by atoms with Crippen molar-refractivity contribution in [2.75, 3.05) is 11.9 Å². The lowest BCUT2D eigenvalue weighted by atomic mass is 10.1. The van der Waals surface area contributed by atoms with Crippen LogP contribution in [0.1, 0.15) is 12.5 Å². The normalized spacial score (nSPS) is 11.1. The molecular formula is C22H21ClN2O5S. The third kappa shape index (κ3) is 6.21. The van der Waals surface area contributed by atoms with Gasteiger partial charge in [-0.3, -0.25) is 4.79 Å². The first-order chi connectivity index (χ1) is 14.8. The number of sulfonamides is 1. The predicted molar refractivity (Wildman–Crippen MR) is 119 cm³/mol. The Labute approximate surface area is 185 Å². The van der Waals surface area contributed by atoms with Crippen molar-refractivity contribution in [2.45, 2.75) is 18.2 Å². The Morgan fingerprint density at radius 1 is 1.03 bits per heavy atom. The number of nitrogens with one attached hydrogen (secondary N) is 1. The van der Waals surface area contributed by atoms with Crippen molar-refractivity contribution in [3.63, 3.8) is 0 Å². The Morgan fingerprint density at radius 2 is 1.81 bits per heavy atom. The lowest BCUT2D eigenvalue weighted by molar-refractivity contribution is -0.115. The summed E-state index contributed by atoms with van der Waals surface area (Å²) in [6.45, 7) is 2.34. The summed E-state index contributed by atoms with van der Waals surface area (Å²) in [5.41, 5.74) is 0.982. The molecular weight excluding hydrogens is 440 g/mol. The molecule has 3 aromatic carbocycles. The van der Waals surface area contributed by atoms with Gasteiger partial charge in [0.2, 0.25) is 15.9 Å². The molecule has 7 nitrogen and oxygen atoms in total. The minimum Gasteiger partial charge on any atom is -0.494 e. The number of hydrogen-bond acceptors (Lipinski definition) is 5. The highest BCUT2D eigenvalue weighted by Crippen LogP contribution is 2.32. The van der Waals surface area contributed by atoms with Crippen LogP contribution in [0.25, 0.3) is 0 Å². The summed E-state index contributed by atoms with van der Waals surface area (Å²) in [5.74, 6) is 0.651. The standard InChI is InChI=1S/C22H21ClN2O5S/c1-2-29-19-9-4-3-6-15(19)12-22(26)25-17-10-11-20(21(14-17)31(24,27)28)30-18-8-5-7-16(23)13-18/h3-11,13-14H,2,12H2,1H3,(H,25,26)(H2,24,27,28). The van der Waals surface area contributed by atoms with E-state index in [1.807, 2.05) is 19.1 Å². The average molecular weight is 461 g/mol. The molecule has 1 amide bonds. The minimum atomic E-state index is -4.12. The number of benzene rings is 3. The van der Waals surface area contributed by atoms with Crippen LogP contribution in [0, 0.1) is 0 Å². The van der Waals surface area contributed by atoms with Gasteiger partial charge in [-0.05, 0) is 49.4 Å². The zero-order chi connectivity index (χ0) is 22.4. The zero-order valence-corrected chi connectivity index (χ0v) is 18.2. The maximum Gasteiger partial charge on any atom is 0.241 e. The quantitative estimate of drug-likeness (QED) is 0.519. The van der Waals surface area contributed by atoms with Gasteiger partial charge in [-0.2, -0.15) is 0 Å². The second kappa shape index (κ2) is 9.82. The van der Waals surface area contributed by atoms with Crippen molar-refractivity contribution in [1.29, 1.82) is 0 Å². The molecule has 0 aliphatic heterocycles. The summed E-state index contributed by atoms with van der Waals surface area (Å²) in [7, 11) is -4.12. The van der Waals surface area contributed by atoms with Crippen LogP contribution in [-0.2, 0) is 21.2 Å². The van der Waals surface area contributed by atoms with E-state index in [0.29, 0.717) is 23.1 Å². The largest absolute Gasteiger partial charge is 0.494 e. The van der Waals surface area contributed by atoms with Crippen LogP contribution in [0.4, 0.5) is 5.69 Å². The van der Waals surface area contributed by atoms with Gasteiger partial charge in [-0.25, -0.2) is 13.6 Å². The number of nitrogens with two attached hydrogens (primary N) is 1. The highest BCUT2D eigenvalue weighted by atomic mass is 35.5. The third-order valence-electron chi connectivity index (χ3n) is 4.18. The maximum absolute atomic E-state index is 12.5. The number of para-hydroxylation sites is 1. The second-order valence-electron chi connectivity index (χ2n) is 6.53. The number of primary sulfonamides is 1. The van der Waals surface area contributed by atoms with Crippen LogP contribution in [0.3, 0.4) is 0 Å². The van der Waals surface area contributed by atoms with Crippen LogP contribution in [-0.4, -0.2) is 20.9 Å². The Hall–Kier alpha value is -3.07. The van der Waals surface area contributed by atoms with E-state index < -0.39 is 10.0 Å². The van der Waals surface area contributed by atoms with Crippen molar-refractivity contribution in [1.82, 2.24) is 0 Å². The van der Waals surface area contributed by atoms with Crippen molar-refractivity contribution in [3.05, 3.63) is 77.3 Å². The fraction of sp³-hybridized carbons (Fsp3) is 0.136. The summed E-state index contributed by atoms with van der Waals surface area (Å²) in [6.07, 6.45) is 0.0572. The third-order valence-corrected chi connectivity index (χ3v) is 5.35. The van der Waals surface area contributed by atoms with Gasteiger partial charge in [0.25, 0.3) is 0 Å². The van der Waals surface area contributed by atoms with E-state index in [0.717, 1.165) is 5.56 Å². The van der Waals surface area contributed by atoms with E-state index in [9.17, 15) is 13.2 Å². The molecule has 0 spiro atoms. The Bertz CT molecular complexity index is 1200. The smallest absolute Gasteiger partial charge is 0.241 e. The molecule has 0 bridgehead atoms. The molecule has 3 N–H and O–H groups in total. The zero-order valence-electron chi connectivity index (χ0n) is 16.7. The highest BCUT2D eigenvalue weighted by molar-refractivity contribution is 7.89. The first kappa shape index (κ1) is 22.6. The van der Waals surface area contributed by atoms with E-state index >= 15 is 0 Å². The van der Waals surface area contributed by atoms with E-state index in [-0.39, 0.29) is 28.7 Å². The predicted octanol–water partition coefficient (Wildman–Crippen LogP) is 4.36. The van der Waals surface area contributed by atoms with Crippen LogP contribution in [0.15, 0.2) is 71.6 Å². The fourth-order valence-corrected chi connectivity index (χ4v) is 3.74. The van der Waals surface area contributed by atoms with Gasteiger partial charge in [0.05, 0.1) is 13.0 Å². The number of rotatable bonds is 8. The fourth-order valence-electron chi connectivity index (χ4n) is 2.87. The van der Waals surface area contributed by atoms with Gasteiger partial charge in [0.15, 0.2) is 0 Å². The SMILES string of the molecule is CCOc1ccccc1CC(=O)Nc1ccc(Oc2cccc(Cl)c2)c(S(N)(=O)=O)c1. The van der Waals surface area contributed by atoms with Crippen LogP contribution in [0.5, 0.6) is 17.2 Å². The molecule has 0 unspecified atom stereocenters. The van der Waals surface area contributed by atoms with Crippen molar-refractivity contribution >= 4 is 33.2 Å². The number of ether oxygens (including phenoxy) is 2. The van der Waals surface area contributed by atoms with Crippen molar-refractivity contribution < 1.29 is 22.7 Å². The van der Waals surface area contributed by atoms with Crippen molar-refractivity contribution in [2.24, 2.45) is 5.14 Å². The van der Waals surface area contributed by atoms with E-state index in [1.165, 1.54) is 18.2 Å².